The minimum atomic E-state index is -5.08. The van der Waals surface area contributed by atoms with Crippen LogP contribution in [-0.2, 0) is 4.79 Å². The van der Waals surface area contributed by atoms with Gasteiger partial charge >= 0.3 is 18.2 Å². The predicted molar refractivity (Wildman–Crippen MR) is 48.9 cm³/mol. The summed E-state index contributed by atoms with van der Waals surface area (Å²) in [6.45, 7) is 4.04. The average Bonchev–Trinajstić information content (AvgIpc) is 2.33. The molecule has 0 saturated carbocycles. The highest BCUT2D eigenvalue weighted by Gasteiger charge is 2.38. The molecule has 1 saturated heterocycles. The van der Waals surface area contributed by atoms with Gasteiger partial charge in [-0.15, -0.1) is 0 Å². The van der Waals surface area contributed by atoms with E-state index in [-0.39, 0.29) is 6.03 Å². The van der Waals surface area contributed by atoms with Crippen LogP contribution < -0.4 is 5.32 Å². The summed E-state index contributed by atoms with van der Waals surface area (Å²) in [5, 5.41) is 9.93. The number of amides is 2. The van der Waals surface area contributed by atoms with Gasteiger partial charge < -0.3 is 15.3 Å². The van der Waals surface area contributed by atoms with Crippen molar-refractivity contribution in [3.05, 3.63) is 0 Å². The molecule has 1 aliphatic heterocycles. The van der Waals surface area contributed by atoms with Gasteiger partial charge in [0.25, 0.3) is 0 Å². The first-order valence-corrected chi connectivity index (χ1v) is 4.40. The molecule has 1 fully saturated rings. The molecule has 1 heterocycles. The summed E-state index contributed by atoms with van der Waals surface area (Å²) in [5.41, 5.74) is 0. The number of urea groups is 1. The molecule has 0 aromatic carbocycles. The normalized spacial score (nSPS) is 24.6. The zero-order chi connectivity index (χ0) is 13.1. The molecule has 8 heteroatoms. The van der Waals surface area contributed by atoms with E-state index in [9.17, 15) is 18.0 Å². The number of carbonyl (C=O) groups excluding carboxylic acids is 1. The minimum absolute atomic E-state index is 0.0370. The van der Waals surface area contributed by atoms with Gasteiger partial charge in [0.05, 0.1) is 6.04 Å². The molecule has 0 aromatic heterocycles. The molecular formula is C8H13F3N2O3. The molecule has 2 amide bonds. The molecule has 0 spiro atoms. The average molecular weight is 242 g/mol. The van der Waals surface area contributed by atoms with Crippen molar-refractivity contribution in [3.63, 3.8) is 0 Å². The van der Waals surface area contributed by atoms with E-state index in [1.807, 2.05) is 20.9 Å². The molecular weight excluding hydrogens is 229 g/mol. The van der Waals surface area contributed by atoms with Crippen LogP contribution in [0.25, 0.3) is 0 Å². The van der Waals surface area contributed by atoms with Crippen molar-refractivity contribution in [1.29, 1.82) is 0 Å². The van der Waals surface area contributed by atoms with Crippen molar-refractivity contribution < 1.29 is 27.9 Å². The number of aliphatic carboxylic acids is 1. The second-order valence-corrected chi connectivity index (χ2v) is 3.39. The molecule has 94 valence electrons. The van der Waals surface area contributed by atoms with Crippen molar-refractivity contribution in [2.24, 2.45) is 0 Å². The monoisotopic (exact) mass is 242 g/mol. The number of hydrogen-bond donors (Lipinski definition) is 2. The van der Waals surface area contributed by atoms with Crippen molar-refractivity contribution in [3.8, 4) is 0 Å². The molecule has 1 rings (SSSR count). The Balaban J connectivity index is 0.000000293. The second-order valence-electron chi connectivity index (χ2n) is 3.39. The van der Waals surface area contributed by atoms with Gasteiger partial charge in [-0.1, -0.05) is 0 Å². The summed E-state index contributed by atoms with van der Waals surface area (Å²) < 4.78 is 31.7. The number of alkyl halides is 3. The Kier molecular flexibility index (Phi) is 4.58. The fourth-order valence-electron chi connectivity index (χ4n) is 0.938. The molecule has 0 radical (unpaired) electrons. The van der Waals surface area contributed by atoms with Crippen LogP contribution in [0.1, 0.15) is 13.8 Å². The van der Waals surface area contributed by atoms with Crippen LogP contribution in [-0.4, -0.2) is 47.3 Å². The smallest absolute Gasteiger partial charge is 0.475 e. The highest BCUT2D eigenvalue weighted by molar-refractivity contribution is 5.77. The zero-order valence-corrected chi connectivity index (χ0v) is 9.00. The van der Waals surface area contributed by atoms with Crippen LogP contribution >= 0.6 is 0 Å². The van der Waals surface area contributed by atoms with Crippen molar-refractivity contribution in [1.82, 2.24) is 10.2 Å². The largest absolute Gasteiger partial charge is 0.490 e. The number of carboxylic acids is 1. The number of carboxylic acid groups (broad SMARTS) is 1. The van der Waals surface area contributed by atoms with Crippen LogP contribution in [0.4, 0.5) is 18.0 Å². The molecule has 0 aliphatic carbocycles. The summed E-state index contributed by atoms with van der Waals surface area (Å²) >= 11 is 0. The van der Waals surface area contributed by atoms with E-state index in [1.165, 1.54) is 0 Å². The van der Waals surface area contributed by atoms with Crippen molar-refractivity contribution in [2.75, 3.05) is 7.05 Å². The van der Waals surface area contributed by atoms with Crippen LogP contribution in [0, 0.1) is 0 Å². The number of halogens is 3. The topological polar surface area (TPSA) is 69.6 Å². The SMILES string of the molecule is CC1NC(=O)N(C)C1C.O=C(O)C(F)(F)F. The minimum Gasteiger partial charge on any atom is -0.475 e. The summed E-state index contributed by atoms with van der Waals surface area (Å²) in [4.78, 5) is 21.4. The Hall–Kier alpha value is -1.47. The predicted octanol–water partition coefficient (Wildman–Crippen LogP) is 1.05. The quantitative estimate of drug-likeness (QED) is 0.667. The van der Waals surface area contributed by atoms with E-state index < -0.39 is 12.1 Å². The van der Waals surface area contributed by atoms with Gasteiger partial charge in [0, 0.05) is 13.1 Å². The van der Waals surface area contributed by atoms with E-state index in [2.05, 4.69) is 5.32 Å². The summed E-state index contributed by atoms with van der Waals surface area (Å²) in [6.07, 6.45) is -5.08. The van der Waals surface area contributed by atoms with Gasteiger partial charge in [-0.05, 0) is 13.8 Å². The third kappa shape index (κ3) is 3.95. The molecule has 16 heavy (non-hydrogen) atoms. The van der Waals surface area contributed by atoms with Gasteiger partial charge in [0.1, 0.15) is 0 Å². The van der Waals surface area contributed by atoms with Crippen LogP contribution in [0.2, 0.25) is 0 Å². The molecule has 1 aliphatic rings. The number of carbonyl (C=O) groups is 2. The van der Waals surface area contributed by atoms with E-state index in [1.54, 1.807) is 4.90 Å². The third-order valence-electron chi connectivity index (χ3n) is 2.25. The maximum Gasteiger partial charge on any atom is 0.490 e. The van der Waals surface area contributed by atoms with Crippen LogP contribution in [0.5, 0.6) is 0 Å². The first-order valence-electron chi connectivity index (χ1n) is 4.40. The molecule has 2 unspecified atom stereocenters. The van der Waals surface area contributed by atoms with Crippen LogP contribution in [0.3, 0.4) is 0 Å². The second kappa shape index (κ2) is 5.04. The molecule has 2 N–H and O–H groups in total. The van der Waals surface area contributed by atoms with E-state index in [0.29, 0.717) is 12.1 Å². The lowest BCUT2D eigenvalue weighted by molar-refractivity contribution is -0.192. The Morgan fingerprint density at radius 3 is 1.88 bits per heavy atom. The standard InChI is InChI=1S/C6H12N2O.C2HF3O2/c1-4-5(2)8(3)6(9)7-4;3-2(4,5)1(6)7/h4-5H,1-3H3,(H,7,9);(H,6,7). The maximum absolute atomic E-state index is 10.8. The molecule has 0 bridgehead atoms. The highest BCUT2D eigenvalue weighted by atomic mass is 19.4. The number of hydrogen-bond acceptors (Lipinski definition) is 2. The fraction of sp³-hybridized carbons (Fsp3) is 0.750. The molecule has 5 nitrogen and oxygen atoms in total. The lowest BCUT2D eigenvalue weighted by Crippen LogP contribution is -2.28. The van der Waals surface area contributed by atoms with Gasteiger partial charge in [0.15, 0.2) is 0 Å². The van der Waals surface area contributed by atoms with Crippen molar-refractivity contribution >= 4 is 12.0 Å². The Morgan fingerprint density at radius 2 is 1.81 bits per heavy atom. The van der Waals surface area contributed by atoms with Gasteiger partial charge in [-0.25, -0.2) is 9.59 Å². The van der Waals surface area contributed by atoms with E-state index >= 15 is 0 Å². The molecule has 0 aromatic rings. The lowest BCUT2D eigenvalue weighted by Gasteiger charge is -2.14. The lowest BCUT2D eigenvalue weighted by atomic mass is 10.2. The summed E-state index contributed by atoms with van der Waals surface area (Å²) in [5.74, 6) is -2.76. The Morgan fingerprint density at radius 1 is 1.44 bits per heavy atom. The van der Waals surface area contributed by atoms with Gasteiger partial charge in [-0.2, -0.15) is 13.2 Å². The number of nitrogens with one attached hydrogen (secondary N) is 1. The van der Waals surface area contributed by atoms with Gasteiger partial charge in [-0.3, -0.25) is 0 Å². The van der Waals surface area contributed by atoms with Crippen molar-refractivity contribution in [2.45, 2.75) is 32.1 Å². The fourth-order valence-corrected chi connectivity index (χ4v) is 0.938. The first kappa shape index (κ1) is 14.5. The number of rotatable bonds is 0. The third-order valence-corrected chi connectivity index (χ3v) is 2.25. The van der Waals surface area contributed by atoms with Crippen LogP contribution in [0.15, 0.2) is 0 Å². The zero-order valence-electron chi connectivity index (χ0n) is 9.00. The Bertz CT molecular complexity index is 280. The first-order chi connectivity index (χ1) is 7.07. The molecule has 2 atom stereocenters. The van der Waals surface area contributed by atoms with E-state index in [0.717, 1.165) is 0 Å². The van der Waals surface area contributed by atoms with Gasteiger partial charge in [0.2, 0.25) is 0 Å². The number of nitrogens with zero attached hydrogens (tertiary/aromatic N) is 1. The summed E-state index contributed by atoms with van der Waals surface area (Å²) in [6, 6.07) is 0.662. The Labute approximate surface area is 90.2 Å². The number of likely N-dealkylation sites (N-methyl/N-ethyl adjacent to an activating group) is 1. The maximum atomic E-state index is 10.8. The highest BCUT2D eigenvalue weighted by Crippen LogP contribution is 2.13. The van der Waals surface area contributed by atoms with E-state index in [4.69, 9.17) is 9.90 Å². The summed E-state index contributed by atoms with van der Waals surface area (Å²) in [7, 11) is 1.81.